The molecule has 90 valence electrons. The van der Waals surface area contributed by atoms with Crippen LogP contribution in [-0.4, -0.2) is 11.5 Å². The molecule has 0 unspecified atom stereocenters. The molecule has 2 N–H and O–H groups in total. The summed E-state index contributed by atoms with van der Waals surface area (Å²) in [5.41, 5.74) is 7.19. The summed E-state index contributed by atoms with van der Waals surface area (Å²) in [6.45, 7) is 0.645. The summed E-state index contributed by atoms with van der Waals surface area (Å²) in [6, 6.07) is 6.45. The van der Waals surface area contributed by atoms with Crippen LogP contribution in [0.25, 0.3) is 0 Å². The van der Waals surface area contributed by atoms with Gasteiger partial charge in [0.2, 0.25) is 0 Å². The highest BCUT2D eigenvalue weighted by atomic mass is 19.1. The number of hydrogen-bond acceptors (Lipinski definition) is 3. The number of nitrogens with two attached hydrogens (primary N) is 1. The number of rotatable bonds is 5. The Balaban J connectivity index is 2.01. The van der Waals surface area contributed by atoms with E-state index >= 15 is 0 Å². The highest BCUT2D eigenvalue weighted by Gasteiger charge is 2.05. The third kappa shape index (κ3) is 3.39. The molecule has 0 amide bonds. The molecule has 1 aromatic carbocycles. The summed E-state index contributed by atoms with van der Waals surface area (Å²) < 4.78 is 18.3. The van der Waals surface area contributed by atoms with Gasteiger partial charge in [-0.1, -0.05) is 12.1 Å². The van der Waals surface area contributed by atoms with Gasteiger partial charge in [-0.15, -0.1) is 0 Å². The molecule has 0 aliphatic heterocycles. The van der Waals surface area contributed by atoms with Gasteiger partial charge < -0.3 is 10.2 Å². The van der Waals surface area contributed by atoms with Crippen molar-refractivity contribution in [2.24, 2.45) is 5.73 Å². The van der Waals surface area contributed by atoms with E-state index in [0.717, 1.165) is 24.1 Å². The third-order valence-electron chi connectivity index (χ3n) is 2.48. The van der Waals surface area contributed by atoms with Crippen molar-refractivity contribution in [3.8, 4) is 0 Å². The predicted octanol–water partition coefficient (Wildman–Crippen LogP) is 2.30. The molecule has 0 aliphatic carbocycles. The Morgan fingerprint density at radius 1 is 1.35 bits per heavy atom. The van der Waals surface area contributed by atoms with Gasteiger partial charge in [-0.25, -0.2) is 9.37 Å². The number of oxazole rings is 1. The Hall–Kier alpha value is -1.68. The van der Waals surface area contributed by atoms with Gasteiger partial charge in [-0.05, 0) is 37.1 Å². The molecule has 0 aliphatic rings. The lowest BCUT2D eigenvalue weighted by Crippen LogP contribution is -2.00. The monoisotopic (exact) mass is 234 g/mol. The molecular formula is C13H15FN2O. The first kappa shape index (κ1) is 11.8. The first-order valence-corrected chi connectivity index (χ1v) is 5.65. The van der Waals surface area contributed by atoms with Crippen LogP contribution in [0.1, 0.15) is 23.6 Å². The van der Waals surface area contributed by atoms with E-state index in [4.69, 9.17) is 10.2 Å². The van der Waals surface area contributed by atoms with E-state index in [1.165, 1.54) is 12.1 Å². The molecule has 17 heavy (non-hydrogen) atoms. The topological polar surface area (TPSA) is 52.0 Å². The van der Waals surface area contributed by atoms with Crippen LogP contribution in [0.15, 0.2) is 34.9 Å². The molecule has 1 heterocycles. The minimum absolute atomic E-state index is 0.239. The Morgan fingerprint density at radius 2 is 2.24 bits per heavy atom. The van der Waals surface area contributed by atoms with Crippen molar-refractivity contribution in [3.05, 3.63) is 53.5 Å². The number of halogens is 1. The number of hydrogen-bond donors (Lipinski definition) is 1. The number of nitrogens with zero attached hydrogens (tertiary/aromatic N) is 1. The average Bonchev–Trinajstić information content (AvgIpc) is 2.74. The van der Waals surface area contributed by atoms with Crippen molar-refractivity contribution in [1.82, 2.24) is 4.98 Å². The quantitative estimate of drug-likeness (QED) is 0.863. The second-order valence-electron chi connectivity index (χ2n) is 3.93. The lowest BCUT2D eigenvalue weighted by atomic mass is 10.1. The Morgan fingerprint density at radius 3 is 3.00 bits per heavy atom. The van der Waals surface area contributed by atoms with Crippen molar-refractivity contribution in [2.45, 2.75) is 19.3 Å². The first-order chi connectivity index (χ1) is 8.28. The van der Waals surface area contributed by atoms with Crippen LogP contribution in [0, 0.1) is 5.82 Å². The Bertz CT molecular complexity index is 482. The van der Waals surface area contributed by atoms with Crippen LogP contribution >= 0.6 is 0 Å². The van der Waals surface area contributed by atoms with Crippen LogP contribution in [0.3, 0.4) is 0 Å². The van der Waals surface area contributed by atoms with E-state index < -0.39 is 0 Å². The van der Waals surface area contributed by atoms with E-state index in [9.17, 15) is 4.39 Å². The van der Waals surface area contributed by atoms with Gasteiger partial charge in [0, 0.05) is 6.42 Å². The van der Waals surface area contributed by atoms with Crippen LogP contribution < -0.4 is 5.73 Å². The minimum atomic E-state index is -0.239. The molecule has 0 fully saturated rings. The van der Waals surface area contributed by atoms with E-state index in [1.54, 1.807) is 12.3 Å². The standard InChI is InChI=1S/C13H15FN2O/c14-11-4-1-3-10(7-11)8-13-16-12(9-17-13)5-2-6-15/h1,3-4,7,9H,2,5-6,8,15H2. The van der Waals surface area contributed by atoms with E-state index in [0.29, 0.717) is 18.9 Å². The van der Waals surface area contributed by atoms with Crippen LogP contribution in [0.5, 0.6) is 0 Å². The second-order valence-corrected chi connectivity index (χ2v) is 3.93. The van der Waals surface area contributed by atoms with Crippen molar-refractivity contribution in [3.63, 3.8) is 0 Å². The number of benzene rings is 1. The minimum Gasteiger partial charge on any atom is -0.448 e. The summed E-state index contributed by atoms with van der Waals surface area (Å²) in [4.78, 5) is 4.33. The van der Waals surface area contributed by atoms with Gasteiger partial charge in [0.25, 0.3) is 0 Å². The average molecular weight is 234 g/mol. The first-order valence-electron chi connectivity index (χ1n) is 5.65. The number of aryl methyl sites for hydroxylation is 1. The summed E-state index contributed by atoms with van der Waals surface area (Å²) in [7, 11) is 0. The van der Waals surface area contributed by atoms with Crippen molar-refractivity contribution in [2.75, 3.05) is 6.54 Å². The van der Waals surface area contributed by atoms with E-state index in [1.807, 2.05) is 6.07 Å². The Kier molecular flexibility index (Phi) is 3.88. The molecule has 0 saturated heterocycles. The fourth-order valence-corrected chi connectivity index (χ4v) is 1.65. The lowest BCUT2D eigenvalue weighted by Gasteiger charge is -1.96. The smallest absolute Gasteiger partial charge is 0.198 e. The summed E-state index contributed by atoms with van der Waals surface area (Å²) >= 11 is 0. The van der Waals surface area contributed by atoms with Gasteiger partial charge in [-0.3, -0.25) is 0 Å². The van der Waals surface area contributed by atoms with Crippen LogP contribution in [-0.2, 0) is 12.8 Å². The molecule has 3 nitrogen and oxygen atoms in total. The number of aromatic nitrogens is 1. The third-order valence-corrected chi connectivity index (χ3v) is 2.48. The van der Waals surface area contributed by atoms with Gasteiger partial charge in [-0.2, -0.15) is 0 Å². The Labute approximate surface area is 99.5 Å². The van der Waals surface area contributed by atoms with Gasteiger partial charge in [0.15, 0.2) is 5.89 Å². The highest BCUT2D eigenvalue weighted by Crippen LogP contribution is 2.11. The second kappa shape index (κ2) is 5.59. The van der Waals surface area contributed by atoms with Crippen molar-refractivity contribution >= 4 is 0 Å². The molecule has 0 radical (unpaired) electrons. The molecule has 0 atom stereocenters. The van der Waals surface area contributed by atoms with Crippen LogP contribution in [0.2, 0.25) is 0 Å². The lowest BCUT2D eigenvalue weighted by molar-refractivity contribution is 0.505. The van der Waals surface area contributed by atoms with Crippen LogP contribution in [0.4, 0.5) is 4.39 Å². The SMILES string of the molecule is NCCCc1coc(Cc2cccc(F)c2)n1. The molecule has 0 saturated carbocycles. The van der Waals surface area contributed by atoms with Gasteiger partial charge >= 0.3 is 0 Å². The molecule has 0 bridgehead atoms. The maximum Gasteiger partial charge on any atom is 0.198 e. The molecule has 1 aromatic heterocycles. The maximum atomic E-state index is 13.0. The predicted molar refractivity (Wildman–Crippen MR) is 63.1 cm³/mol. The summed E-state index contributed by atoms with van der Waals surface area (Å²) in [6.07, 6.45) is 3.87. The molecule has 2 aromatic rings. The highest BCUT2D eigenvalue weighted by molar-refractivity contribution is 5.19. The van der Waals surface area contributed by atoms with E-state index in [-0.39, 0.29) is 5.82 Å². The van der Waals surface area contributed by atoms with Crippen molar-refractivity contribution < 1.29 is 8.81 Å². The normalized spacial score (nSPS) is 10.7. The fourth-order valence-electron chi connectivity index (χ4n) is 1.65. The maximum absolute atomic E-state index is 13.0. The summed E-state index contributed by atoms with van der Waals surface area (Å²) in [5.74, 6) is 0.375. The van der Waals surface area contributed by atoms with Crippen molar-refractivity contribution in [1.29, 1.82) is 0 Å². The molecular weight excluding hydrogens is 219 g/mol. The van der Waals surface area contributed by atoms with Gasteiger partial charge in [0.05, 0.1) is 5.69 Å². The van der Waals surface area contributed by atoms with Gasteiger partial charge in [0.1, 0.15) is 12.1 Å². The molecule has 2 rings (SSSR count). The summed E-state index contributed by atoms with van der Waals surface area (Å²) in [5, 5.41) is 0. The largest absolute Gasteiger partial charge is 0.448 e. The molecule has 0 spiro atoms. The van der Waals surface area contributed by atoms with E-state index in [2.05, 4.69) is 4.98 Å². The zero-order valence-electron chi connectivity index (χ0n) is 9.53. The fraction of sp³-hybridized carbons (Fsp3) is 0.308. The zero-order valence-corrected chi connectivity index (χ0v) is 9.53. The zero-order chi connectivity index (χ0) is 12.1. The molecule has 4 heteroatoms.